The molecule has 0 unspecified atom stereocenters. The van der Waals surface area contributed by atoms with Gasteiger partial charge in [-0.3, -0.25) is 38.1 Å². The van der Waals surface area contributed by atoms with Gasteiger partial charge in [0.15, 0.2) is 12.4 Å². The van der Waals surface area contributed by atoms with Crippen molar-refractivity contribution in [3.8, 4) is 0 Å². The van der Waals surface area contributed by atoms with Gasteiger partial charge in [-0.05, 0) is 57.8 Å². The topological polar surface area (TPSA) is 306 Å². The molecule has 22 heteroatoms. The van der Waals surface area contributed by atoms with E-state index in [4.69, 9.17) is 32.9 Å². The quantitative estimate of drug-likeness (QED) is 0.0143. The molecule has 610 valence electrons. The number of aliphatic carboxylic acids is 1. The molecule has 1 heterocycles. The van der Waals surface area contributed by atoms with Crippen LogP contribution in [0.15, 0.2) is 0 Å². The number of aliphatic hydroxyl groups is 1. The number of hydrogen-bond acceptors (Lipinski definition) is 16. The molecule has 0 aromatic carbocycles. The fourth-order valence-corrected chi connectivity index (χ4v) is 14.3. The van der Waals surface area contributed by atoms with Crippen LogP contribution in [0, 0.1) is 0 Å². The Morgan fingerprint density at radius 1 is 0.394 bits per heavy atom. The van der Waals surface area contributed by atoms with Crippen LogP contribution in [0.4, 0.5) is 0 Å². The van der Waals surface area contributed by atoms with Crippen molar-refractivity contribution >= 4 is 49.5 Å². The maximum Gasteiger partial charge on any atom is 0.470 e. The third kappa shape index (κ3) is 56.5. The van der Waals surface area contributed by atoms with Gasteiger partial charge in [0.25, 0.3) is 0 Å². The molecule has 1 aliphatic heterocycles. The van der Waals surface area contributed by atoms with Crippen molar-refractivity contribution in [1.29, 1.82) is 0 Å². The number of phosphoric ester groups is 1. The maximum atomic E-state index is 14.9. The lowest BCUT2D eigenvalue weighted by molar-refractivity contribution is -0.272. The van der Waals surface area contributed by atoms with E-state index in [1.807, 2.05) is 0 Å². The van der Waals surface area contributed by atoms with Gasteiger partial charge in [-0.15, -0.1) is 0 Å². The van der Waals surface area contributed by atoms with E-state index in [0.717, 1.165) is 212 Å². The first-order valence-electron chi connectivity index (χ1n) is 42.5. The molecule has 0 aromatic rings. The van der Waals surface area contributed by atoms with E-state index in [9.17, 15) is 58.1 Å². The van der Waals surface area contributed by atoms with Gasteiger partial charge in [0, 0.05) is 19.3 Å². The third-order valence-electron chi connectivity index (χ3n) is 19.9. The molecule has 0 saturated carbocycles. The summed E-state index contributed by atoms with van der Waals surface area (Å²) in [6.07, 6.45) is 38.1. The Bertz CT molecular complexity index is 2190. The van der Waals surface area contributed by atoms with E-state index in [-0.39, 0.29) is 25.7 Å². The monoisotopic (exact) mass is 1500 g/mol. The van der Waals surface area contributed by atoms with Gasteiger partial charge in [0.05, 0.1) is 44.9 Å². The van der Waals surface area contributed by atoms with Crippen molar-refractivity contribution in [3.63, 3.8) is 0 Å². The van der Waals surface area contributed by atoms with Gasteiger partial charge in [-0.25, -0.2) is 4.57 Å². The summed E-state index contributed by atoms with van der Waals surface area (Å²) in [6, 6.07) is -3.04. The number of rotatable bonds is 74. The molecule has 0 spiro atoms. The summed E-state index contributed by atoms with van der Waals surface area (Å²) < 4.78 is 55.3. The highest BCUT2D eigenvalue weighted by atomic mass is 31.2. The van der Waals surface area contributed by atoms with Crippen molar-refractivity contribution in [2.75, 3.05) is 13.2 Å². The lowest BCUT2D eigenvalue weighted by Gasteiger charge is -2.45. The van der Waals surface area contributed by atoms with E-state index >= 15 is 0 Å². The number of carbonyl (C=O) groups excluding carboxylic acids is 6. The average molecular weight is 1500 g/mol. The first kappa shape index (κ1) is 98.3. The molecule has 6 N–H and O–H groups in total. The number of hydrogen-bond donors (Lipinski definition) is 6. The molecule has 1 saturated heterocycles. The van der Waals surface area contributed by atoms with E-state index in [1.54, 1.807) is 0 Å². The van der Waals surface area contributed by atoms with Crippen LogP contribution < -0.4 is 10.6 Å². The number of esters is 4. The van der Waals surface area contributed by atoms with Crippen molar-refractivity contribution in [2.24, 2.45) is 0 Å². The zero-order chi connectivity index (χ0) is 76.5. The Balaban J connectivity index is 3.89. The molecule has 1 aliphatic rings. The van der Waals surface area contributed by atoms with E-state index in [1.165, 1.54) is 57.8 Å². The second-order valence-corrected chi connectivity index (χ2v) is 31.1. The number of carboxylic acids is 1. The largest absolute Gasteiger partial charge is 0.481 e. The minimum atomic E-state index is -5.55. The fraction of sp³-hybridized carbons (Fsp3) is 0.915. The minimum Gasteiger partial charge on any atom is -0.481 e. The number of amides is 2. The Morgan fingerprint density at radius 3 is 1.02 bits per heavy atom. The number of ether oxygens (including phenoxy) is 6. The van der Waals surface area contributed by atoms with Crippen LogP contribution >= 0.6 is 7.82 Å². The first-order valence-corrected chi connectivity index (χ1v) is 44.1. The van der Waals surface area contributed by atoms with E-state index < -0.39 is 137 Å². The second-order valence-electron chi connectivity index (χ2n) is 29.9. The molecule has 0 aromatic heterocycles. The van der Waals surface area contributed by atoms with Gasteiger partial charge in [-0.2, -0.15) is 0 Å². The molecule has 0 aliphatic carbocycles. The summed E-state index contributed by atoms with van der Waals surface area (Å²) in [4.78, 5) is 118. The number of unbranched alkanes of at least 4 members (excludes halogenated alkanes) is 42. The molecular formula is C82H153N2O19P. The van der Waals surface area contributed by atoms with Crippen molar-refractivity contribution in [2.45, 2.75) is 469 Å². The molecule has 9 atom stereocenters. The SMILES string of the molecule is CCCCCCCCCCC[C@H](CC(=O)N[C@@H](CO[C@@H]1O[C@H](CO)[C@@H](OP(=O)(O)O)[C@H](OC(=O)C[C@@H](CCCCCCCCCCC)OC(=O)CCCCCCCCC)[C@H]1NC(=O)C[C@@H](CCCCCCCCCCC)OC(=O)CCCCCCCCC)CC(=O)O)OC(=O)CCCCCCCCC. The van der Waals surface area contributed by atoms with Crippen molar-refractivity contribution in [3.05, 3.63) is 0 Å². The normalized spacial score (nSPS) is 17.2. The summed E-state index contributed by atoms with van der Waals surface area (Å²) in [7, 11) is -5.55. The summed E-state index contributed by atoms with van der Waals surface area (Å²) in [5.74, 6) is -5.10. The fourth-order valence-electron chi connectivity index (χ4n) is 13.7. The van der Waals surface area contributed by atoms with Crippen LogP contribution in [0.25, 0.3) is 0 Å². The molecule has 21 nitrogen and oxygen atoms in total. The van der Waals surface area contributed by atoms with Crippen LogP contribution in [-0.2, 0) is 71.1 Å². The zero-order valence-corrected chi connectivity index (χ0v) is 67.4. The third-order valence-corrected chi connectivity index (χ3v) is 20.4. The zero-order valence-electron chi connectivity index (χ0n) is 66.5. The van der Waals surface area contributed by atoms with E-state index in [2.05, 4.69) is 52.2 Å². The summed E-state index contributed by atoms with van der Waals surface area (Å²) in [5.41, 5.74) is 0. The van der Waals surface area contributed by atoms with Crippen LogP contribution in [0.5, 0.6) is 0 Å². The number of carbonyl (C=O) groups is 7. The average Bonchev–Trinajstić information content (AvgIpc) is 0.781. The van der Waals surface area contributed by atoms with Crippen LogP contribution in [-0.4, -0.2) is 130 Å². The number of nitrogens with one attached hydrogen (secondary N) is 2. The predicted molar refractivity (Wildman–Crippen MR) is 411 cm³/mol. The Kier molecular flexibility index (Phi) is 63.7. The smallest absolute Gasteiger partial charge is 0.470 e. The van der Waals surface area contributed by atoms with E-state index in [0.29, 0.717) is 57.8 Å². The molecule has 0 bridgehead atoms. The van der Waals surface area contributed by atoms with Crippen LogP contribution in [0.1, 0.15) is 414 Å². The Morgan fingerprint density at radius 2 is 0.702 bits per heavy atom. The maximum absolute atomic E-state index is 14.9. The molecule has 104 heavy (non-hydrogen) atoms. The Labute approximate surface area is 630 Å². The molecule has 1 fully saturated rings. The lowest BCUT2D eigenvalue weighted by Crippen LogP contribution is -2.66. The standard InChI is InChI=1S/C82H153N2O19P/c1-7-13-19-25-31-34-40-43-49-55-68(98-75(90)58-52-46-37-28-22-16-10-4)62-72(86)83-67(61-74(88)89)66-97-82-79(84-73(87)63-69(56-50-44-41-35-32-26-20-14-8-2)99-76(91)59-53-47-38-29-23-17-11-5)81(80(71(65-85)101-82)103-104(94,95)96)102-78(93)64-70(57-51-45-42-36-33-27-21-15-9-3)100-77(92)60-54-48-39-30-24-18-12-6/h67-71,79-82,85H,7-66H2,1-6H3,(H,83,86)(H,84,87)(H,88,89)(H2,94,95,96)/t67-,68-,69-,70-,71-,79-,80-,81-,82-/m1/s1. The molecule has 1 rings (SSSR count). The number of aliphatic hydroxyl groups excluding tert-OH is 1. The highest BCUT2D eigenvalue weighted by Crippen LogP contribution is 2.42. The van der Waals surface area contributed by atoms with Gasteiger partial charge in [0.1, 0.15) is 36.6 Å². The van der Waals surface area contributed by atoms with Gasteiger partial charge in [0.2, 0.25) is 11.8 Å². The van der Waals surface area contributed by atoms with Gasteiger partial charge >= 0.3 is 37.7 Å². The summed E-state index contributed by atoms with van der Waals surface area (Å²) in [6.45, 7) is 11.4. The molecular weight excluding hydrogens is 1350 g/mol. The van der Waals surface area contributed by atoms with Gasteiger partial charge < -0.3 is 59.1 Å². The highest BCUT2D eigenvalue weighted by Gasteiger charge is 2.52. The molecule has 0 radical (unpaired) electrons. The highest BCUT2D eigenvalue weighted by molar-refractivity contribution is 7.46. The van der Waals surface area contributed by atoms with Crippen LogP contribution in [0.2, 0.25) is 0 Å². The Hall–Kier alpha value is -3.72. The van der Waals surface area contributed by atoms with Gasteiger partial charge in [-0.1, -0.05) is 311 Å². The molecule has 2 amide bonds. The first-order chi connectivity index (χ1) is 50.3. The van der Waals surface area contributed by atoms with Crippen molar-refractivity contribution in [1.82, 2.24) is 10.6 Å². The number of carboxylic acid groups (broad SMARTS) is 1. The lowest BCUT2D eigenvalue weighted by atomic mass is 9.95. The predicted octanol–water partition coefficient (Wildman–Crippen LogP) is 19.6. The minimum absolute atomic E-state index is 0.130. The van der Waals surface area contributed by atoms with Crippen molar-refractivity contribution < 1.29 is 91.1 Å². The summed E-state index contributed by atoms with van der Waals surface area (Å²) in [5, 5.41) is 26.9. The second kappa shape index (κ2) is 67.4. The number of phosphoric acid groups is 1. The van der Waals surface area contributed by atoms with Crippen LogP contribution in [0.3, 0.4) is 0 Å². The summed E-state index contributed by atoms with van der Waals surface area (Å²) >= 11 is 0.